The van der Waals surface area contributed by atoms with Crippen LogP contribution in [0.4, 0.5) is 23.0 Å². The molecule has 5 aromatic rings. The van der Waals surface area contributed by atoms with E-state index in [1.165, 1.54) is 11.6 Å². The van der Waals surface area contributed by atoms with Gasteiger partial charge in [-0.3, -0.25) is 19.1 Å². The lowest BCUT2D eigenvalue weighted by Gasteiger charge is -2.38. The number of aromatic nitrogens is 3. The van der Waals surface area contributed by atoms with E-state index in [1.54, 1.807) is 29.9 Å². The van der Waals surface area contributed by atoms with Gasteiger partial charge in [-0.05, 0) is 67.6 Å². The zero-order chi connectivity index (χ0) is 36.4. The summed E-state index contributed by atoms with van der Waals surface area (Å²) in [5.74, 6) is 1.57. The first kappa shape index (κ1) is 34.7. The average molecular weight is 701 g/mol. The molecule has 3 aromatic carbocycles. The second-order valence-corrected chi connectivity index (χ2v) is 13.2. The number of ether oxygens (including phenoxy) is 2. The number of benzene rings is 3. The maximum Gasteiger partial charge on any atom is 0.280 e. The van der Waals surface area contributed by atoms with E-state index in [4.69, 9.17) is 14.5 Å². The molecular formula is C40H44N8O4. The molecule has 2 aromatic heterocycles. The van der Waals surface area contributed by atoms with Crippen molar-refractivity contribution in [2.24, 2.45) is 0 Å². The largest absolute Gasteiger partial charge is 0.497 e. The molecule has 0 atom stereocenters. The van der Waals surface area contributed by atoms with Crippen LogP contribution < -0.4 is 30.1 Å². The van der Waals surface area contributed by atoms with Gasteiger partial charge in [-0.1, -0.05) is 30.8 Å². The lowest BCUT2D eigenvalue weighted by molar-refractivity contribution is -0.114. The third-order valence-corrected chi connectivity index (χ3v) is 9.91. The number of likely N-dealkylation sites (N-methyl/N-ethyl adjacent to an activating group) is 1. The summed E-state index contributed by atoms with van der Waals surface area (Å²) in [6, 6.07) is 21.5. The van der Waals surface area contributed by atoms with Gasteiger partial charge in [0.1, 0.15) is 17.2 Å². The molecular weight excluding hydrogens is 656 g/mol. The number of methoxy groups -OCH3 is 2. The average Bonchev–Trinajstić information content (AvgIpc) is 3.17. The zero-order valence-corrected chi connectivity index (χ0v) is 30.1. The van der Waals surface area contributed by atoms with Gasteiger partial charge in [-0.2, -0.15) is 4.98 Å². The van der Waals surface area contributed by atoms with E-state index in [9.17, 15) is 9.59 Å². The van der Waals surface area contributed by atoms with Crippen LogP contribution in [0.2, 0.25) is 0 Å². The lowest BCUT2D eigenvalue weighted by atomic mass is 10.1. The van der Waals surface area contributed by atoms with Gasteiger partial charge >= 0.3 is 0 Å². The lowest BCUT2D eigenvalue weighted by Crippen LogP contribution is -2.44. The highest BCUT2D eigenvalue weighted by atomic mass is 16.5. The molecule has 1 N–H and O–H groups in total. The first-order chi connectivity index (χ1) is 25.3. The Morgan fingerprint density at radius 2 is 1.73 bits per heavy atom. The number of amides is 1. The summed E-state index contributed by atoms with van der Waals surface area (Å²) in [7, 11) is 5.39. The topological polar surface area (TPSA) is 108 Å². The van der Waals surface area contributed by atoms with Crippen LogP contribution in [0.3, 0.4) is 0 Å². The van der Waals surface area contributed by atoms with Gasteiger partial charge in [0.05, 0.1) is 31.3 Å². The number of nitrogens with zero attached hydrogens (tertiary/aromatic N) is 7. The number of anilines is 4. The van der Waals surface area contributed by atoms with Crippen LogP contribution in [0, 0.1) is 6.92 Å². The minimum atomic E-state index is -0.225. The number of aryl methyl sites for hydroxylation is 1. The van der Waals surface area contributed by atoms with E-state index < -0.39 is 0 Å². The summed E-state index contributed by atoms with van der Waals surface area (Å²) in [6.07, 6.45) is 3.07. The minimum Gasteiger partial charge on any atom is -0.497 e. The number of rotatable bonds is 10. The molecule has 2 aliphatic heterocycles. The predicted molar refractivity (Wildman–Crippen MR) is 206 cm³/mol. The Labute approximate surface area is 303 Å². The number of nitrogens with one attached hydrogen (secondary N) is 1. The Hall–Kier alpha value is -5.72. The molecule has 1 fully saturated rings. The molecule has 52 heavy (non-hydrogen) atoms. The Balaban J connectivity index is 1.30. The van der Waals surface area contributed by atoms with Crippen molar-refractivity contribution < 1.29 is 14.3 Å². The van der Waals surface area contributed by atoms with Gasteiger partial charge in [0, 0.05) is 75.6 Å². The molecule has 0 saturated carbocycles. The van der Waals surface area contributed by atoms with Crippen molar-refractivity contribution >= 4 is 40.0 Å². The molecule has 0 bridgehead atoms. The predicted octanol–water partition coefficient (Wildman–Crippen LogP) is 5.14. The molecule has 0 aliphatic carbocycles. The minimum absolute atomic E-state index is 0.177. The molecule has 12 nitrogen and oxygen atoms in total. The highest BCUT2D eigenvalue weighted by Gasteiger charge is 2.30. The second kappa shape index (κ2) is 14.9. The Morgan fingerprint density at radius 3 is 2.46 bits per heavy atom. The van der Waals surface area contributed by atoms with Gasteiger partial charge in [-0.25, -0.2) is 4.98 Å². The molecule has 0 radical (unpaired) electrons. The number of piperazine rings is 1. The molecule has 268 valence electrons. The van der Waals surface area contributed by atoms with Crippen molar-refractivity contribution in [2.75, 3.05) is 75.7 Å². The van der Waals surface area contributed by atoms with Crippen molar-refractivity contribution in [3.8, 4) is 17.2 Å². The number of pyridine rings is 1. The van der Waals surface area contributed by atoms with Gasteiger partial charge in [0.2, 0.25) is 5.95 Å². The molecule has 1 saturated heterocycles. The number of para-hydroxylation sites is 1. The second-order valence-electron chi connectivity index (χ2n) is 13.2. The van der Waals surface area contributed by atoms with Crippen molar-refractivity contribution in [1.29, 1.82) is 0 Å². The van der Waals surface area contributed by atoms with Crippen LogP contribution in [0.15, 0.2) is 90.4 Å². The standard InChI is InChI=1S/C40H44N8O4/c1-6-36(49)47-21-20-46(33-9-7-8-27(2)37(33)47)34-22-30-25-42-40(41-24-29-12-15-32(51-4)23-35(29)52-5)43-38(30)48(39(34)50)31-13-10-28(11-14-31)26-45-18-16-44(3)17-19-45/h6-15,22-23,25H,1,16-21,24,26H2,2-5H3,(H,41,42,43). The van der Waals surface area contributed by atoms with Crippen LogP contribution in [-0.4, -0.2) is 90.8 Å². The Kier molecular flexibility index (Phi) is 9.92. The monoisotopic (exact) mass is 700 g/mol. The van der Waals surface area contributed by atoms with E-state index in [2.05, 4.69) is 45.9 Å². The molecule has 0 spiro atoms. The highest BCUT2D eigenvalue weighted by molar-refractivity contribution is 6.05. The first-order valence-electron chi connectivity index (χ1n) is 17.5. The van der Waals surface area contributed by atoms with E-state index in [0.29, 0.717) is 59.5 Å². The highest BCUT2D eigenvalue weighted by Crippen LogP contribution is 2.40. The van der Waals surface area contributed by atoms with Gasteiger partial charge in [0.15, 0.2) is 5.65 Å². The van der Waals surface area contributed by atoms with Crippen molar-refractivity contribution in [3.05, 3.63) is 113 Å². The number of hydrogen-bond donors (Lipinski definition) is 1. The fourth-order valence-electron chi connectivity index (χ4n) is 7.01. The maximum absolute atomic E-state index is 14.8. The van der Waals surface area contributed by atoms with E-state index in [-0.39, 0.29) is 11.5 Å². The van der Waals surface area contributed by atoms with Crippen molar-refractivity contribution in [1.82, 2.24) is 24.3 Å². The number of carbonyl (C=O) groups excluding carboxylic acids is 1. The molecule has 0 unspecified atom stereocenters. The maximum atomic E-state index is 14.8. The molecule has 7 rings (SSSR count). The fourth-order valence-corrected chi connectivity index (χ4v) is 7.01. The van der Waals surface area contributed by atoms with Gasteiger partial charge < -0.3 is 29.5 Å². The Bertz CT molecular complexity index is 2180. The Morgan fingerprint density at radius 1 is 0.942 bits per heavy atom. The molecule has 1 amide bonds. The van der Waals surface area contributed by atoms with Gasteiger partial charge in [0.25, 0.3) is 11.5 Å². The summed E-state index contributed by atoms with van der Waals surface area (Å²) in [6.45, 7) is 11.9. The molecule has 4 heterocycles. The van der Waals surface area contributed by atoms with Gasteiger partial charge in [-0.15, -0.1) is 0 Å². The van der Waals surface area contributed by atoms with Crippen molar-refractivity contribution in [3.63, 3.8) is 0 Å². The fraction of sp³-hybridized carbons (Fsp3) is 0.300. The van der Waals surface area contributed by atoms with Crippen LogP contribution in [-0.2, 0) is 17.9 Å². The summed E-state index contributed by atoms with van der Waals surface area (Å²) in [4.78, 5) is 45.8. The zero-order valence-electron chi connectivity index (χ0n) is 30.1. The smallest absolute Gasteiger partial charge is 0.280 e. The number of fused-ring (bicyclic) bond motifs is 2. The summed E-state index contributed by atoms with van der Waals surface area (Å²) >= 11 is 0. The normalized spacial score (nSPS) is 15.0. The van der Waals surface area contributed by atoms with E-state index >= 15 is 0 Å². The number of carbonyl (C=O) groups is 1. The molecule has 2 aliphatic rings. The third-order valence-electron chi connectivity index (χ3n) is 9.91. The third kappa shape index (κ3) is 6.82. The summed E-state index contributed by atoms with van der Waals surface area (Å²) in [5, 5.41) is 4.01. The number of hydrogen-bond acceptors (Lipinski definition) is 10. The summed E-state index contributed by atoms with van der Waals surface area (Å²) in [5.41, 5.74) is 5.98. The van der Waals surface area contributed by atoms with E-state index in [0.717, 1.165) is 55.2 Å². The van der Waals surface area contributed by atoms with Crippen molar-refractivity contribution in [2.45, 2.75) is 20.0 Å². The summed E-state index contributed by atoms with van der Waals surface area (Å²) < 4.78 is 12.6. The molecule has 12 heteroatoms. The van der Waals surface area contributed by atoms with Crippen LogP contribution in [0.5, 0.6) is 11.5 Å². The van der Waals surface area contributed by atoms with Crippen LogP contribution >= 0.6 is 0 Å². The van der Waals surface area contributed by atoms with Crippen LogP contribution in [0.1, 0.15) is 16.7 Å². The quantitative estimate of drug-likeness (QED) is 0.197. The van der Waals surface area contributed by atoms with E-state index in [1.807, 2.05) is 66.4 Å². The SMILES string of the molecule is C=CC(=O)N1CCN(c2cc3cnc(NCc4ccc(OC)cc4OC)nc3n(-c3ccc(CN4CCN(C)CC4)cc3)c2=O)c2cccc(C)c21. The van der Waals surface area contributed by atoms with Crippen LogP contribution in [0.25, 0.3) is 16.7 Å². The first-order valence-corrected chi connectivity index (χ1v) is 17.5.